The van der Waals surface area contributed by atoms with Gasteiger partial charge in [-0.3, -0.25) is 14.5 Å². The highest BCUT2D eigenvalue weighted by Gasteiger charge is 2.54. The highest BCUT2D eigenvalue weighted by atomic mass is 35.5. The third kappa shape index (κ3) is 4.33. The van der Waals surface area contributed by atoms with Crippen molar-refractivity contribution >= 4 is 63.3 Å². The number of amides is 2. The fourth-order valence-electron chi connectivity index (χ4n) is 2.71. The third-order valence-corrected chi connectivity index (χ3v) is 6.56. The summed E-state index contributed by atoms with van der Waals surface area (Å²) in [4.78, 5) is 47.0. The zero-order valence-electron chi connectivity index (χ0n) is 15.3. The highest BCUT2D eigenvalue weighted by molar-refractivity contribution is 8.00. The Hall–Kier alpha value is -2.31. The fraction of sp³-hybridized carbons (Fsp3) is 0.438. The fourth-order valence-corrected chi connectivity index (χ4v) is 4.81. The predicted octanol–water partition coefficient (Wildman–Crippen LogP) is 1.18. The van der Waals surface area contributed by atoms with E-state index in [1.54, 1.807) is 5.38 Å². The number of nitrogens with zero attached hydrogens (tertiary/aromatic N) is 3. The van der Waals surface area contributed by atoms with Gasteiger partial charge in [-0.1, -0.05) is 30.1 Å². The largest absolute Gasteiger partial charge is 0.477 e. The quantitative estimate of drug-likeness (QED) is 0.227. The molecule has 0 bridgehead atoms. The van der Waals surface area contributed by atoms with Gasteiger partial charge in [-0.2, -0.15) is 0 Å². The first-order chi connectivity index (χ1) is 13.8. The number of halogens is 1. The van der Waals surface area contributed by atoms with Crippen molar-refractivity contribution < 1.29 is 24.3 Å². The summed E-state index contributed by atoms with van der Waals surface area (Å²) in [5.74, 6) is -2.28. The summed E-state index contributed by atoms with van der Waals surface area (Å²) < 4.78 is 0. The summed E-state index contributed by atoms with van der Waals surface area (Å²) in [6.45, 7) is 2.32. The van der Waals surface area contributed by atoms with Crippen LogP contribution < -0.4 is 11.1 Å². The number of hydrogen-bond donors (Lipinski definition) is 3. The maximum Gasteiger partial charge on any atom is 0.353 e. The first kappa shape index (κ1) is 21.4. The number of hydrogen-bond acceptors (Lipinski definition) is 9. The lowest BCUT2D eigenvalue weighted by Crippen LogP contribution is -2.71. The van der Waals surface area contributed by atoms with E-state index in [0.29, 0.717) is 6.61 Å². The monoisotopic (exact) mass is 459 g/mol. The second-order valence-electron chi connectivity index (χ2n) is 6.12. The van der Waals surface area contributed by atoms with Crippen LogP contribution in [-0.2, 0) is 19.2 Å². The van der Waals surface area contributed by atoms with E-state index < -0.39 is 29.2 Å². The van der Waals surface area contributed by atoms with E-state index in [-0.39, 0.29) is 33.0 Å². The standard InChI is InChI=1S/C16H18ClN5O5S2/c1-2-3-4-27-21-9(8-6-29-16(18)19-8)12(23)20-10-13(24)22-11(15(25)26)7(17)5-28-14(10)22/h6,10,14H,2-5H2,1H3,(H2,18,19)(H,20,23)(H,25,26)/t10?,14-/m0/s1. The number of nitrogen functional groups attached to an aromatic ring is 1. The van der Waals surface area contributed by atoms with Crippen LogP contribution in [0.1, 0.15) is 25.5 Å². The Balaban J connectivity index is 1.75. The summed E-state index contributed by atoms with van der Waals surface area (Å²) >= 11 is 8.35. The van der Waals surface area contributed by atoms with E-state index in [4.69, 9.17) is 22.2 Å². The maximum absolute atomic E-state index is 12.8. The number of carboxylic acids is 1. The van der Waals surface area contributed by atoms with Crippen molar-refractivity contribution in [3.8, 4) is 0 Å². The van der Waals surface area contributed by atoms with Crippen LogP contribution in [-0.4, -0.2) is 62.3 Å². The molecule has 1 unspecified atom stereocenters. The molecule has 0 aliphatic carbocycles. The summed E-state index contributed by atoms with van der Waals surface area (Å²) in [6, 6.07) is -0.913. The van der Waals surface area contributed by atoms with Gasteiger partial charge in [0, 0.05) is 11.1 Å². The number of carboxylic acid groups (broad SMARTS) is 1. The molecular weight excluding hydrogens is 442 g/mol. The molecule has 2 aliphatic heterocycles. The van der Waals surface area contributed by atoms with E-state index in [9.17, 15) is 19.5 Å². The molecule has 2 aliphatic rings. The predicted molar refractivity (Wildman–Crippen MR) is 109 cm³/mol. The van der Waals surface area contributed by atoms with E-state index in [1.807, 2.05) is 6.92 Å². The zero-order valence-corrected chi connectivity index (χ0v) is 17.6. The molecule has 0 aromatic carbocycles. The SMILES string of the molecule is CCCCON=C(C(=O)NC1C(=O)N2C(C(=O)O)=C(Cl)CS[C@@H]12)c1csc(N)n1. The van der Waals surface area contributed by atoms with Crippen molar-refractivity contribution in [1.29, 1.82) is 0 Å². The molecule has 1 saturated heterocycles. The lowest BCUT2D eigenvalue weighted by atomic mass is 10.0. The van der Waals surface area contributed by atoms with Gasteiger partial charge in [0.2, 0.25) is 0 Å². The number of nitrogens with two attached hydrogens (primary N) is 1. The van der Waals surface area contributed by atoms with Crippen molar-refractivity contribution in [1.82, 2.24) is 15.2 Å². The average molecular weight is 460 g/mol. The summed E-state index contributed by atoms with van der Waals surface area (Å²) in [7, 11) is 0. The molecule has 13 heteroatoms. The molecule has 4 N–H and O–H groups in total. The van der Waals surface area contributed by atoms with Crippen LogP contribution in [0.15, 0.2) is 21.3 Å². The molecule has 0 spiro atoms. The number of thiazole rings is 1. The Morgan fingerprint density at radius 2 is 2.31 bits per heavy atom. The van der Waals surface area contributed by atoms with E-state index in [0.717, 1.165) is 29.1 Å². The number of carbonyl (C=O) groups is 3. The Bertz CT molecular complexity index is 902. The van der Waals surface area contributed by atoms with Gasteiger partial charge in [0.25, 0.3) is 11.8 Å². The molecule has 2 atom stereocenters. The number of aliphatic carboxylic acids is 1. The Labute approximate surface area is 179 Å². The van der Waals surface area contributed by atoms with Crippen LogP contribution in [0.3, 0.4) is 0 Å². The van der Waals surface area contributed by atoms with Crippen molar-refractivity contribution in [3.05, 3.63) is 21.8 Å². The number of carbonyl (C=O) groups excluding carboxylic acids is 2. The lowest BCUT2D eigenvalue weighted by Gasteiger charge is -2.48. The molecule has 0 saturated carbocycles. The van der Waals surface area contributed by atoms with Gasteiger partial charge in [0.05, 0.1) is 5.03 Å². The molecule has 2 amide bonds. The van der Waals surface area contributed by atoms with Crippen molar-refractivity contribution in [2.45, 2.75) is 31.2 Å². The summed E-state index contributed by atoms with van der Waals surface area (Å²) in [5, 5.41) is 17.1. The minimum absolute atomic E-state index is 0.0846. The number of β-lactam (4-membered cyclic amide) rings is 1. The zero-order chi connectivity index (χ0) is 21.1. The van der Waals surface area contributed by atoms with E-state index in [2.05, 4.69) is 15.5 Å². The molecule has 1 fully saturated rings. The van der Waals surface area contributed by atoms with Crippen molar-refractivity contribution in [3.63, 3.8) is 0 Å². The van der Waals surface area contributed by atoms with Crippen LogP contribution >= 0.6 is 34.7 Å². The second kappa shape index (κ2) is 9.01. The van der Waals surface area contributed by atoms with Gasteiger partial charge in [0.15, 0.2) is 10.8 Å². The van der Waals surface area contributed by atoms with Crippen molar-refractivity contribution in [2.75, 3.05) is 18.1 Å². The van der Waals surface area contributed by atoms with Gasteiger partial charge in [0.1, 0.15) is 29.4 Å². The molecule has 156 valence electrons. The first-order valence-electron chi connectivity index (χ1n) is 8.64. The Kier molecular flexibility index (Phi) is 6.65. The van der Waals surface area contributed by atoms with Crippen LogP contribution in [0.2, 0.25) is 0 Å². The number of aromatic nitrogens is 1. The minimum Gasteiger partial charge on any atom is -0.477 e. The van der Waals surface area contributed by atoms with Crippen molar-refractivity contribution in [2.24, 2.45) is 5.16 Å². The van der Waals surface area contributed by atoms with Crippen LogP contribution in [0.4, 0.5) is 5.13 Å². The first-order valence-corrected chi connectivity index (χ1v) is 10.9. The normalized spacial score (nSPS) is 21.5. The minimum atomic E-state index is -1.29. The molecular formula is C16H18ClN5O5S2. The molecule has 1 aromatic rings. The number of unbranched alkanes of at least 4 members (excludes halogenated alkanes) is 1. The molecule has 3 heterocycles. The highest BCUT2D eigenvalue weighted by Crippen LogP contribution is 2.41. The van der Waals surface area contributed by atoms with E-state index in [1.165, 1.54) is 11.8 Å². The van der Waals surface area contributed by atoms with Gasteiger partial charge in [-0.25, -0.2) is 9.78 Å². The summed E-state index contributed by atoms with van der Waals surface area (Å²) in [6.07, 6.45) is 1.66. The molecule has 10 nitrogen and oxygen atoms in total. The number of oxime groups is 1. The number of thioether (sulfide) groups is 1. The summed E-state index contributed by atoms with van der Waals surface area (Å²) in [5.41, 5.74) is 5.51. The number of fused-ring (bicyclic) bond motifs is 1. The van der Waals surface area contributed by atoms with Gasteiger partial charge < -0.3 is 21.0 Å². The molecule has 29 heavy (non-hydrogen) atoms. The van der Waals surface area contributed by atoms with E-state index >= 15 is 0 Å². The molecule has 0 radical (unpaired) electrons. The van der Waals surface area contributed by atoms with Crippen LogP contribution in [0.25, 0.3) is 0 Å². The van der Waals surface area contributed by atoms with Gasteiger partial charge >= 0.3 is 5.97 Å². The Morgan fingerprint density at radius 3 is 2.93 bits per heavy atom. The topological polar surface area (TPSA) is 147 Å². The maximum atomic E-state index is 12.8. The lowest BCUT2D eigenvalue weighted by molar-refractivity contribution is -0.150. The number of rotatable bonds is 8. The second-order valence-corrected chi connectivity index (χ2v) is 8.57. The third-order valence-electron chi connectivity index (χ3n) is 4.14. The van der Waals surface area contributed by atoms with Gasteiger partial charge in [-0.05, 0) is 6.42 Å². The van der Waals surface area contributed by atoms with Crippen LogP contribution in [0, 0.1) is 0 Å². The number of anilines is 1. The molecule has 1 aromatic heterocycles. The van der Waals surface area contributed by atoms with Gasteiger partial charge in [-0.15, -0.1) is 23.1 Å². The average Bonchev–Trinajstić information content (AvgIpc) is 3.11. The number of nitrogens with one attached hydrogen (secondary N) is 1. The smallest absolute Gasteiger partial charge is 0.353 e. The molecule has 3 rings (SSSR count). The Morgan fingerprint density at radius 1 is 1.55 bits per heavy atom. The van der Waals surface area contributed by atoms with Crippen LogP contribution in [0.5, 0.6) is 0 Å².